The number of nitrogens with zero attached hydrogens (tertiary/aromatic N) is 6. The number of aromatic nitrogens is 7. The number of H-pyrrole nitrogens is 1. The molecule has 8 nitrogen and oxygen atoms in total. The first-order chi connectivity index (χ1) is 12.5. The van der Waals surface area contributed by atoms with Gasteiger partial charge in [0.25, 0.3) is 0 Å². The van der Waals surface area contributed by atoms with Gasteiger partial charge < -0.3 is 0 Å². The Kier molecular flexibility index (Phi) is 3.96. The van der Waals surface area contributed by atoms with E-state index in [4.69, 9.17) is 0 Å². The zero-order chi connectivity index (χ0) is 18.3. The van der Waals surface area contributed by atoms with Gasteiger partial charge in [-0.1, -0.05) is 23.5 Å². The molecule has 0 radical (unpaired) electrons. The number of hydrogen-bond donors (Lipinski definition) is 1. The summed E-state index contributed by atoms with van der Waals surface area (Å²) >= 11 is 1.32. The van der Waals surface area contributed by atoms with Gasteiger partial charge in [0.2, 0.25) is 0 Å². The van der Waals surface area contributed by atoms with Gasteiger partial charge in [-0.05, 0) is 31.5 Å². The van der Waals surface area contributed by atoms with Crippen molar-refractivity contribution in [2.45, 2.75) is 20.4 Å². The van der Waals surface area contributed by atoms with Crippen LogP contribution in [0.15, 0.2) is 35.4 Å². The Morgan fingerprint density at radius 3 is 2.65 bits per heavy atom. The van der Waals surface area contributed by atoms with Crippen LogP contribution in [0.25, 0.3) is 15.8 Å². The summed E-state index contributed by atoms with van der Waals surface area (Å²) in [6.07, 6.45) is 1.43. The first-order valence-corrected chi connectivity index (χ1v) is 8.59. The molecule has 0 aliphatic rings. The molecule has 1 N–H and O–H groups in total. The molecule has 1 aromatic carbocycles. The third kappa shape index (κ3) is 2.94. The predicted octanol–water partition coefficient (Wildman–Crippen LogP) is 2.08. The SMILES string of the molecule is Cc1nc(-c2sc(-n3cnn(Cc4ccc(F)cc4)c3=O)nc2C)n[nH]1. The van der Waals surface area contributed by atoms with Crippen LogP contribution >= 0.6 is 11.3 Å². The van der Waals surface area contributed by atoms with E-state index in [1.54, 1.807) is 12.1 Å². The molecule has 0 amide bonds. The second-order valence-corrected chi connectivity index (χ2v) is 6.70. The van der Waals surface area contributed by atoms with Gasteiger partial charge in [-0.3, -0.25) is 5.10 Å². The van der Waals surface area contributed by atoms with Crippen LogP contribution in [0.2, 0.25) is 0 Å². The largest absolute Gasteiger partial charge is 0.352 e. The predicted molar refractivity (Wildman–Crippen MR) is 93.8 cm³/mol. The van der Waals surface area contributed by atoms with Crippen LogP contribution in [-0.4, -0.2) is 34.5 Å². The lowest BCUT2D eigenvalue weighted by Gasteiger charge is -2.00. The van der Waals surface area contributed by atoms with Gasteiger partial charge in [-0.2, -0.15) is 10.2 Å². The minimum Gasteiger partial charge on any atom is -0.263 e. The third-order valence-corrected chi connectivity index (χ3v) is 4.92. The fourth-order valence-corrected chi connectivity index (χ4v) is 3.44. The molecule has 0 saturated carbocycles. The normalized spacial score (nSPS) is 11.2. The molecule has 10 heteroatoms. The first kappa shape index (κ1) is 16.3. The summed E-state index contributed by atoms with van der Waals surface area (Å²) in [5.41, 5.74) is 1.20. The van der Waals surface area contributed by atoms with Crippen molar-refractivity contribution in [1.29, 1.82) is 0 Å². The molecule has 0 saturated heterocycles. The molecule has 4 aromatic rings. The molecule has 0 aliphatic carbocycles. The summed E-state index contributed by atoms with van der Waals surface area (Å²) in [5.74, 6) is 0.939. The van der Waals surface area contributed by atoms with Crippen molar-refractivity contribution in [2.24, 2.45) is 0 Å². The summed E-state index contributed by atoms with van der Waals surface area (Å²) in [7, 11) is 0. The van der Waals surface area contributed by atoms with E-state index in [9.17, 15) is 9.18 Å². The van der Waals surface area contributed by atoms with Crippen LogP contribution in [0, 0.1) is 19.7 Å². The standard InChI is InChI=1S/C16H14FN7OS/c1-9-13(14-20-10(2)21-22-14)26-15(19-9)23-8-18-24(16(23)25)7-11-3-5-12(17)6-4-11/h3-6,8H,7H2,1-2H3,(H,20,21,22). The Morgan fingerprint density at radius 1 is 1.19 bits per heavy atom. The maximum atomic E-state index is 13.0. The highest BCUT2D eigenvalue weighted by atomic mass is 32.1. The maximum Gasteiger partial charge on any atom is 0.352 e. The lowest BCUT2D eigenvalue weighted by molar-refractivity contribution is 0.622. The van der Waals surface area contributed by atoms with E-state index in [1.165, 1.54) is 39.0 Å². The second-order valence-electron chi connectivity index (χ2n) is 5.72. The second kappa shape index (κ2) is 6.30. The first-order valence-electron chi connectivity index (χ1n) is 7.77. The highest BCUT2D eigenvalue weighted by Gasteiger charge is 2.17. The van der Waals surface area contributed by atoms with Crippen LogP contribution in [0.1, 0.15) is 17.1 Å². The minimum absolute atomic E-state index is 0.253. The molecule has 26 heavy (non-hydrogen) atoms. The monoisotopic (exact) mass is 371 g/mol. The summed E-state index contributed by atoms with van der Waals surface area (Å²) in [4.78, 5) is 22.2. The summed E-state index contributed by atoms with van der Waals surface area (Å²) in [5, 5.41) is 11.6. The van der Waals surface area contributed by atoms with Gasteiger partial charge in [-0.15, -0.1) is 0 Å². The average molecular weight is 371 g/mol. The number of aromatic amines is 1. The molecule has 4 rings (SSSR count). The van der Waals surface area contributed by atoms with Crippen molar-refractivity contribution in [3.63, 3.8) is 0 Å². The van der Waals surface area contributed by atoms with Crippen molar-refractivity contribution >= 4 is 11.3 Å². The summed E-state index contributed by atoms with van der Waals surface area (Å²) in [6.45, 7) is 3.91. The molecule has 3 heterocycles. The highest BCUT2D eigenvalue weighted by Crippen LogP contribution is 2.28. The lowest BCUT2D eigenvalue weighted by atomic mass is 10.2. The number of benzene rings is 1. The molecule has 0 atom stereocenters. The van der Waals surface area contributed by atoms with E-state index < -0.39 is 0 Å². The van der Waals surface area contributed by atoms with Gasteiger partial charge in [0.1, 0.15) is 18.0 Å². The van der Waals surface area contributed by atoms with Crippen LogP contribution < -0.4 is 5.69 Å². The van der Waals surface area contributed by atoms with Crippen molar-refractivity contribution < 1.29 is 4.39 Å². The maximum absolute atomic E-state index is 13.0. The number of thiazole rings is 1. The minimum atomic E-state index is -0.320. The van der Waals surface area contributed by atoms with Crippen molar-refractivity contribution in [2.75, 3.05) is 0 Å². The van der Waals surface area contributed by atoms with E-state index >= 15 is 0 Å². The molecule has 0 spiro atoms. The smallest absolute Gasteiger partial charge is 0.263 e. The van der Waals surface area contributed by atoms with Gasteiger partial charge in [0.05, 0.1) is 17.1 Å². The summed E-state index contributed by atoms with van der Waals surface area (Å²) < 4.78 is 15.7. The fourth-order valence-electron chi connectivity index (χ4n) is 2.48. The Hall–Kier alpha value is -3.14. The molecule has 0 bridgehead atoms. The quantitative estimate of drug-likeness (QED) is 0.593. The fraction of sp³-hybridized carbons (Fsp3) is 0.188. The Labute approximate surface area is 151 Å². The molecule has 0 unspecified atom stereocenters. The van der Waals surface area contributed by atoms with E-state index in [-0.39, 0.29) is 18.1 Å². The lowest BCUT2D eigenvalue weighted by Crippen LogP contribution is -2.24. The van der Waals surface area contributed by atoms with Crippen molar-refractivity contribution in [1.82, 2.24) is 34.5 Å². The Balaban J connectivity index is 1.66. The molecular formula is C16H14FN7OS. The molecule has 3 aromatic heterocycles. The van der Waals surface area contributed by atoms with E-state index in [2.05, 4.69) is 25.3 Å². The molecule has 0 fully saturated rings. The zero-order valence-corrected chi connectivity index (χ0v) is 14.8. The molecule has 132 valence electrons. The third-order valence-electron chi connectivity index (χ3n) is 3.77. The average Bonchev–Trinajstić information content (AvgIpc) is 3.30. The highest BCUT2D eigenvalue weighted by molar-refractivity contribution is 7.17. The van der Waals surface area contributed by atoms with Gasteiger partial charge in [0, 0.05) is 0 Å². The topological polar surface area (TPSA) is 94.3 Å². The zero-order valence-electron chi connectivity index (χ0n) is 14.0. The number of rotatable bonds is 4. The number of nitrogens with one attached hydrogen (secondary N) is 1. The van der Waals surface area contributed by atoms with Gasteiger partial charge >= 0.3 is 5.69 Å². The van der Waals surface area contributed by atoms with Crippen molar-refractivity contribution in [3.8, 4) is 15.8 Å². The Morgan fingerprint density at radius 2 is 1.96 bits per heavy atom. The molecular weight excluding hydrogens is 357 g/mol. The van der Waals surface area contributed by atoms with Crippen LogP contribution in [0.5, 0.6) is 0 Å². The van der Waals surface area contributed by atoms with Crippen LogP contribution in [0.3, 0.4) is 0 Å². The van der Waals surface area contributed by atoms with E-state index in [0.717, 1.165) is 16.1 Å². The van der Waals surface area contributed by atoms with Crippen LogP contribution in [0.4, 0.5) is 4.39 Å². The van der Waals surface area contributed by atoms with Gasteiger partial charge in [0.15, 0.2) is 11.0 Å². The van der Waals surface area contributed by atoms with Crippen molar-refractivity contribution in [3.05, 3.63) is 64.0 Å². The Bertz CT molecular complexity index is 1120. The summed E-state index contributed by atoms with van der Waals surface area (Å²) in [6, 6.07) is 5.95. The number of halogens is 1. The van der Waals surface area contributed by atoms with Crippen LogP contribution in [-0.2, 0) is 6.54 Å². The van der Waals surface area contributed by atoms with Gasteiger partial charge in [-0.25, -0.2) is 28.4 Å². The number of aryl methyl sites for hydroxylation is 2. The molecule has 0 aliphatic heterocycles. The van der Waals surface area contributed by atoms with E-state index in [0.29, 0.717) is 16.8 Å². The van der Waals surface area contributed by atoms with E-state index in [1.807, 2.05) is 13.8 Å². The number of hydrogen-bond acceptors (Lipinski definition) is 6.